The number of allylic oxidation sites excluding steroid dienone is 2. The number of nitrogens with zero attached hydrogens (tertiary/aromatic N) is 1. The van der Waals surface area contributed by atoms with Gasteiger partial charge in [-0.3, -0.25) is 9.69 Å². The summed E-state index contributed by atoms with van der Waals surface area (Å²) in [4.78, 5) is 14.5. The van der Waals surface area contributed by atoms with Gasteiger partial charge in [0.05, 0.1) is 11.1 Å². The van der Waals surface area contributed by atoms with Crippen molar-refractivity contribution in [3.05, 3.63) is 46.7 Å². The molecule has 4 aliphatic rings. The Kier molecular flexibility index (Phi) is 2.48. The van der Waals surface area contributed by atoms with Gasteiger partial charge in [-0.1, -0.05) is 23.8 Å². The number of hydrogen-bond acceptors (Lipinski definition) is 4. The lowest BCUT2D eigenvalue weighted by atomic mass is 9.62. The van der Waals surface area contributed by atoms with Crippen molar-refractivity contribution in [2.75, 3.05) is 18.4 Å². The molecule has 3 atom stereocenters. The van der Waals surface area contributed by atoms with Crippen LogP contribution in [0.1, 0.15) is 25.3 Å². The molecule has 0 aromatic heterocycles. The number of hydrogen-bond donors (Lipinski definition) is 2. The fraction of sp³-hybridized carbons (Fsp3) is 0.421. The lowest BCUT2D eigenvalue weighted by Gasteiger charge is -2.48. The molecule has 1 spiro atoms. The fourth-order valence-electron chi connectivity index (χ4n) is 5.50. The number of carbonyl (C=O) groups excluding carboxylic acids is 1. The number of carbonyl (C=O) groups is 1. The number of rotatable bonds is 1. The highest BCUT2D eigenvalue weighted by Crippen LogP contribution is 2.61. The molecule has 2 bridgehead atoms. The second-order valence-corrected chi connectivity index (χ2v) is 7.13. The Morgan fingerprint density at radius 2 is 2.30 bits per heavy atom. The molecular weight excluding hydrogens is 288 g/mol. The minimum absolute atomic E-state index is 0.139. The first-order valence-electron chi connectivity index (χ1n) is 8.39. The quantitative estimate of drug-likeness (QED) is 0.476. The number of aromatic hydroxyl groups is 1. The van der Waals surface area contributed by atoms with Gasteiger partial charge in [0, 0.05) is 36.3 Å². The van der Waals surface area contributed by atoms with E-state index in [1.807, 2.05) is 6.07 Å². The van der Waals surface area contributed by atoms with Crippen LogP contribution in [0.5, 0.6) is 5.75 Å². The molecule has 2 fully saturated rings. The van der Waals surface area contributed by atoms with Gasteiger partial charge < -0.3 is 10.4 Å². The number of anilines is 1. The number of phenolic OH excluding ortho intramolecular Hbond substituents is 1. The van der Waals surface area contributed by atoms with Crippen LogP contribution in [0.15, 0.2) is 41.1 Å². The van der Waals surface area contributed by atoms with Crippen LogP contribution in [0.25, 0.3) is 0 Å². The molecule has 4 nitrogen and oxygen atoms in total. The van der Waals surface area contributed by atoms with Crippen LogP contribution in [0.2, 0.25) is 0 Å². The Bertz CT molecular complexity index is 795. The van der Waals surface area contributed by atoms with Gasteiger partial charge in [0.25, 0.3) is 0 Å². The largest absolute Gasteiger partial charge is 0.506 e. The minimum atomic E-state index is -0.139. The molecule has 1 unspecified atom stereocenters. The summed E-state index contributed by atoms with van der Waals surface area (Å²) in [5.74, 6) is 0.507. The van der Waals surface area contributed by atoms with Crippen LogP contribution in [-0.4, -0.2) is 35.4 Å². The van der Waals surface area contributed by atoms with Crippen LogP contribution >= 0.6 is 0 Å². The molecule has 3 heterocycles. The van der Waals surface area contributed by atoms with Gasteiger partial charge in [-0.15, -0.1) is 0 Å². The molecule has 0 amide bonds. The molecule has 118 valence electrons. The fourth-order valence-corrected chi connectivity index (χ4v) is 5.50. The van der Waals surface area contributed by atoms with Crippen molar-refractivity contribution >= 4 is 12.0 Å². The summed E-state index contributed by atoms with van der Waals surface area (Å²) in [5, 5.41) is 13.7. The SMILES string of the molecule is CC=C1CN2CCC34C(=C(C=O)[C@H]1C[C@H]23)Nc1c(O)cccc14. The minimum Gasteiger partial charge on any atom is -0.506 e. The average Bonchev–Trinajstić information content (AvgIpc) is 3.12. The van der Waals surface area contributed by atoms with Crippen LogP contribution in [0.4, 0.5) is 5.69 Å². The van der Waals surface area contributed by atoms with Crippen molar-refractivity contribution in [3.63, 3.8) is 0 Å². The summed E-state index contributed by atoms with van der Waals surface area (Å²) >= 11 is 0. The van der Waals surface area contributed by atoms with Gasteiger partial charge in [0.1, 0.15) is 12.0 Å². The summed E-state index contributed by atoms with van der Waals surface area (Å²) in [6.07, 6.45) is 5.24. The van der Waals surface area contributed by atoms with Gasteiger partial charge in [0.15, 0.2) is 0 Å². The zero-order valence-electron chi connectivity index (χ0n) is 13.2. The Hall–Kier alpha value is -2.07. The summed E-state index contributed by atoms with van der Waals surface area (Å²) < 4.78 is 0. The van der Waals surface area contributed by atoms with Crippen molar-refractivity contribution in [3.8, 4) is 5.75 Å². The predicted molar refractivity (Wildman–Crippen MR) is 88.3 cm³/mol. The maximum Gasteiger partial charge on any atom is 0.148 e. The number of nitrogens with one attached hydrogen (secondary N) is 1. The molecule has 5 rings (SSSR count). The molecule has 0 saturated carbocycles. The lowest BCUT2D eigenvalue weighted by Crippen LogP contribution is -2.52. The summed E-state index contributed by atoms with van der Waals surface area (Å²) in [6, 6.07) is 6.18. The molecule has 0 radical (unpaired) electrons. The number of fused-ring (bicyclic) bond motifs is 2. The van der Waals surface area contributed by atoms with Crippen LogP contribution in [0, 0.1) is 5.92 Å². The van der Waals surface area contributed by atoms with Gasteiger partial charge in [0.2, 0.25) is 0 Å². The van der Waals surface area contributed by atoms with E-state index < -0.39 is 0 Å². The van der Waals surface area contributed by atoms with Crippen LogP contribution in [-0.2, 0) is 10.2 Å². The van der Waals surface area contributed by atoms with Crippen molar-refractivity contribution in [1.82, 2.24) is 4.90 Å². The molecule has 23 heavy (non-hydrogen) atoms. The number of piperidine rings is 1. The van der Waals surface area contributed by atoms with Gasteiger partial charge in [-0.2, -0.15) is 0 Å². The summed E-state index contributed by atoms with van der Waals surface area (Å²) in [6.45, 7) is 4.08. The second-order valence-electron chi connectivity index (χ2n) is 7.13. The van der Waals surface area contributed by atoms with Gasteiger partial charge in [-0.05, 0) is 31.4 Å². The monoisotopic (exact) mass is 308 g/mol. The van der Waals surface area contributed by atoms with E-state index in [1.54, 1.807) is 6.07 Å². The van der Waals surface area contributed by atoms with Gasteiger partial charge >= 0.3 is 0 Å². The number of phenols is 1. The highest BCUT2D eigenvalue weighted by atomic mass is 16.3. The zero-order valence-corrected chi connectivity index (χ0v) is 13.2. The highest BCUT2D eigenvalue weighted by Gasteiger charge is 2.61. The third-order valence-electron chi connectivity index (χ3n) is 6.48. The first-order valence-corrected chi connectivity index (χ1v) is 8.39. The molecule has 4 heteroatoms. The first-order chi connectivity index (χ1) is 11.2. The Balaban J connectivity index is 1.84. The predicted octanol–water partition coefficient (Wildman–Crippen LogP) is 2.56. The average molecular weight is 308 g/mol. The molecule has 1 aromatic carbocycles. The topological polar surface area (TPSA) is 52.6 Å². The molecule has 2 N–H and O–H groups in total. The van der Waals surface area contributed by atoms with E-state index in [0.29, 0.717) is 6.04 Å². The van der Waals surface area contributed by atoms with E-state index >= 15 is 0 Å². The van der Waals surface area contributed by atoms with E-state index in [2.05, 4.69) is 29.3 Å². The van der Waals surface area contributed by atoms with E-state index in [-0.39, 0.29) is 17.1 Å². The number of aldehydes is 1. The summed E-state index contributed by atoms with van der Waals surface area (Å²) in [5.41, 5.74) is 5.13. The number of para-hydroxylation sites is 1. The first kappa shape index (κ1) is 13.4. The van der Waals surface area contributed by atoms with Crippen molar-refractivity contribution < 1.29 is 9.90 Å². The van der Waals surface area contributed by atoms with Crippen molar-refractivity contribution in [1.29, 1.82) is 0 Å². The maximum absolute atomic E-state index is 12.0. The molecular formula is C19H20N2O2. The molecule has 2 saturated heterocycles. The smallest absolute Gasteiger partial charge is 0.148 e. The van der Waals surface area contributed by atoms with Crippen molar-refractivity contribution in [2.45, 2.75) is 31.2 Å². The standard InChI is InChI=1S/C19H20N2O2/c1-2-11-9-21-7-6-19-14-4-3-5-15(23)17(14)20-18(19)13(10-22)12(11)8-16(19)21/h2-5,10,12,16,20,23H,6-9H2,1H3/t12-,16-,19?/m0/s1. The molecule has 3 aliphatic heterocycles. The molecule has 1 aromatic rings. The third kappa shape index (κ3) is 1.39. The normalized spacial score (nSPS) is 36.0. The van der Waals surface area contributed by atoms with E-state index in [1.165, 1.54) is 11.1 Å². The lowest BCUT2D eigenvalue weighted by molar-refractivity contribution is -0.105. The van der Waals surface area contributed by atoms with Gasteiger partial charge in [-0.25, -0.2) is 0 Å². The zero-order chi connectivity index (χ0) is 15.8. The van der Waals surface area contributed by atoms with E-state index in [4.69, 9.17) is 0 Å². The highest BCUT2D eigenvalue weighted by molar-refractivity contribution is 5.86. The Labute approximate surface area is 135 Å². The Morgan fingerprint density at radius 1 is 1.43 bits per heavy atom. The summed E-state index contributed by atoms with van der Waals surface area (Å²) in [7, 11) is 0. The maximum atomic E-state index is 12.0. The second kappa shape index (κ2) is 4.26. The van der Waals surface area contributed by atoms with Crippen molar-refractivity contribution in [2.24, 2.45) is 5.92 Å². The molecule has 1 aliphatic carbocycles. The third-order valence-corrected chi connectivity index (χ3v) is 6.48. The number of benzene rings is 1. The Morgan fingerprint density at radius 3 is 3.09 bits per heavy atom. The van der Waals surface area contributed by atoms with E-state index in [0.717, 1.165) is 49.2 Å². The van der Waals surface area contributed by atoms with Crippen LogP contribution in [0.3, 0.4) is 0 Å². The van der Waals surface area contributed by atoms with E-state index in [9.17, 15) is 9.90 Å². The van der Waals surface area contributed by atoms with Crippen LogP contribution < -0.4 is 5.32 Å².